The molecule has 3 heterocycles. The van der Waals surface area contributed by atoms with Gasteiger partial charge in [-0.25, -0.2) is 4.39 Å². The number of nitrogens with zero attached hydrogens (tertiary/aromatic N) is 1. The first-order valence-electron chi connectivity index (χ1n) is 11.6. The van der Waals surface area contributed by atoms with Crippen LogP contribution in [-0.4, -0.2) is 52.4 Å². The number of carbonyl (C=O) groups excluding carboxylic acids is 2. The minimum absolute atomic E-state index is 0.0267. The molecule has 3 aliphatic rings. The number of aromatic nitrogens is 1. The molecule has 0 bridgehead atoms. The summed E-state index contributed by atoms with van der Waals surface area (Å²) in [6, 6.07) is 5.38. The number of hydrogen-bond donors (Lipinski definition) is 3. The van der Waals surface area contributed by atoms with Gasteiger partial charge in [0.15, 0.2) is 0 Å². The average Bonchev–Trinajstić information content (AvgIpc) is 3.37. The topological polar surface area (TPSA) is 77.2 Å². The van der Waals surface area contributed by atoms with Gasteiger partial charge in [-0.2, -0.15) is 0 Å². The van der Waals surface area contributed by atoms with Crippen LogP contribution in [0.1, 0.15) is 67.4 Å². The average molecular weight is 427 g/mol. The van der Waals surface area contributed by atoms with E-state index in [1.807, 2.05) is 6.92 Å². The van der Waals surface area contributed by atoms with Gasteiger partial charge in [-0.05, 0) is 69.6 Å². The number of aromatic amines is 1. The van der Waals surface area contributed by atoms with Crippen molar-refractivity contribution >= 4 is 22.7 Å². The standard InChI is InChI=1S/C24H31FN4O2/c1-15-5-6-19(25)18-14-20(27-22(15)18)23(31)26-16-3-2-4-17(13-16)29-11-9-24(10-12-29)8-7-21(30)28-24/h5-6,14,16-17,27H,2-4,7-13H2,1H3,(H,26,31)(H,28,30)/t16-,17-/m1/s1. The monoisotopic (exact) mass is 426 g/mol. The molecule has 5 rings (SSSR count). The molecule has 1 aromatic carbocycles. The largest absolute Gasteiger partial charge is 0.351 e. The molecule has 3 fully saturated rings. The molecule has 2 saturated heterocycles. The van der Waals surface area contributed by atoms with Gasteiger partial charge in [-0.15, -0.1) is 0 Å². The van der Waals surface area contributed by atoms with E-state index in [1.165, 1.54) is 6.07 Å². The maximum Gasteiger partial charge on any atom is 0.267 e. The number of halogens is 1. The number of rotatable bonds is 3. The highest BCUT2D eigenvalue weighted by molar-refractivity contribution is 5.99. The molecular formula is C24H31FN4O2. The number of nitrogens with one attached hydrogen (secondary N) is 3. The van der Waals surface area contributed by atoms with Crippen molar-refractivity contribution in [3.8, 4) is 0 Å². The normalized spacial score (nSPS) is 26.3. The third kappa shape index (κ3) is 3.95. The van der Waals surface area contributed by atoms with Gasteiger partial charge >= 0.3 is 0 Å². The van der Waals surface area contributed by atoms with Crippen molar-refractivity contribution in [1.82, 2.24) is 20.5 Å². The summed E-state index contributed by atoms with van der Waals surface area (Å²) in [6.07, 6.45) is 7.83. The van der Waals surface area contributed by atoms with Gasteiger partial charge in [0.25, 0.3) is 5.91 Å². The van der Waals surface area contributed by atoms with Gasteiger partial charge in [-0.3, -0.25) is 9.59 Å². The van der Waals surface area contributed by atoms with Crippen molar-refractivity contribution in [1.29, 1.82) is 0 Å². The van der Waals surface area contributed by atoms with E-state index in [0.717, 1.165) is 63.6 Å². The first-order chi connectivity index (χ1) is 14.9. The minimum atomic E-state index is -0.310. The van der Waals surface area contributed by atoms with Crippen molar-refractivity contribution in [3.05, 3.63) is 35.3 Å². The first-order valence-corrected chi connectivity index (χ1v) is 11.6. The molecular weight excluding hydrogens is 395 g/mol. The smallest absolute Gasteiger partial charge is 0.267 e. The van der Waals surface area contributed by atoms with Gasteiger partial charge in [-0.1, -0.05) is 6.07 Å². The van der Waals surface area contributed by atoms with Crippen molar-refractivity contribution in [3.63, 3.8) is 0 Å². The number of H-pyrrole nitrogens is 1. The molecule has 1 saturated carbocycles. The second-order valence-corrected chi connectivity index (χ2v) is 9.69. The number of likely N-dealkylation sites (tertiary alicyclic amines) is 1. The van der Waals surface area contributed by atoms with Crippen LogP contribution in [0, 0.1) is 12.7 Å². The Balaban J connectivity index is 1.20. The predicted octanol–water partition coefficient (Wildman–Crippen LogP) is 3.40. The Morgan fingerprint density at radius 2 is 2.03 bits per heavy atom. The molecule has 2 amide bonds. The summed E-state index contributed by atoms with van der Waals surface area (Å²) in [4.78, 5) is 30.2. The molecule has 2 atom stereocenters. The van der Waals surface area contributed by atoms with E-state index in [2.05, 4.69) is 20.5 Å². The Morgan fingerprint density at radius 3 is 2.74 bits per heavy atom. The fraction of sp³-hybridized carbons (Fsp3) is 0.583. The zero-order valence-electron chi connectivity index (χ0n) is 18.1. The Hall–Kier alpha value is -2.41. The van der Waals surface area contributed by atoms with Crippen LogP contribution in [0.15, 0.2) is 18.2 Å². The van der Waals surface area contributed by atoms with E-state index in [4.69, 9.17) is 0 Å². The molecule has 1 aromatic heterocycles. The van der Waals surface area contributed by atoms with E-state index in [9.17, 15) is 14.0 Å². The van der Waals surface area contributed by atoms with Gasteiger partial charge < -0.3 is 20.5 Å². The molecule has 166 valence electrons. The van der Waals surface area contributed by atoms with E-state index < -0.39 is 0 Å². The number of hydrogen-bond acceptors (Lipinski definition) is 3. The number of amides is 2. The van der Waals surface area contributed by atoms with Gasteiger partial charge in [0.1, 0.15) is 11.5 Å². The highest BCUT2D eigenvalue weighted by atomic mass is 19.1. The lowest BCUT2D eigenvalue weighted by molar-refractivity contribution is -0.120. The van der Waals surface area contributed by atoms with E-state index in [1.54, 1.807) is 12.1 Å². The number of fused-ring (bicyclic) bond motifs is 1. The second kappa shape index (κ2) is 7.93. The quantitative estimate of drug-likeness (QED) is 0.704. The second-order valence-electron chi connectivity index (χ2n) is 9.69. The SMILES string of the molecule is Cc1ccc(F)c2cc(C(=O)N[C@@H]3CCC[C@@H](N4CCC5(CCC(=O)N5)CC4)C3)[nH]c12. The Bertz CT molecular complexity index is 969. The molecule has 2 aromatic rings. The summed E-state index contributed by atoms with van der Waals surface area (Å²) in [7, 11) is 0. The van der Waals surface area contributed by atoms with Crippen LogP contribution in [0.3, 0.4) is 0 Å². The van der Waals surface area contributed by atoms with E-state index in [-0.39, 0.29) is 29.2 Å². The molecule has 0 radical (unpaired) electrons. The summed E-state index contributed by atoms with van der Waals surface area (Å²) in [5.74, 6) is -0.275. The predicted molar refractivity (Wildman–Crippen MR) is 117 cm³/mol. The summed E-state index contributed by atoms with van der Waals surface area (Å²) in [5.41, 5.74) is 2.06. The Labute approximate surface area is 181 Å². The summed E-state index contributed by atoms with van der Waals surface area (Å²) >= 11 is 0. The summed E-state index contributed by atoms with van der Waals surface area (Å²) in [5, 5.41) is 6.86. The van der Waals surface area contributed by atoms with Crippen LogP contribution in [0.2, 0.25) is 0 Å². The third-order valence-corrected chi connectivity index (χ3v) is 7.68. The third-order valence-electron chi connectivity index (χ3n) is 7.68. The highest BCUT2D eigenvalue weighted by Crippen LogP contribution is 2.34. The van der Waals surface area contributed by atoms with Gasteiger partial charge in [0.05, 0.1) is 5.52 Å². The van der Waals surface area contributed by atoms with Crippen molar-refractivity contribution in [2.24, 2.45) is 0 Å². The lowest BCUT2D eigenvalue weighted by Gasteiger charge is -2.44. The fourth-order valence-electron chi connectivity index (χ4n) is 5.80. The first kappa shape index (κ1) is 20.5. The molecule has 6 nitrogen and oxygen atoms in total. The van der Waals surface area contributed by atoms with Crippen LogP contribution < -0.4 is 10.6 Å². The molecule has 3 N–H and O–H groups in total. The summed E-state index contributed by atoms with van der Waals surface area (Å²) in [6.45, 7) is 3.92. The van der Waals surface area contributed by atoms with Crippen LogP contribution in [-0.2, 0) is 4.79 Å². The molecule has 2 aliphatic heterocycles. The van der Waals surface area contributed by atoms with Crippen molar-refractivity contribution in [2.45, 2.75) is 75.9 Å². The number of piperidine rings is 1. The van der Waals surface area contributed by atoms with Crippen molar-refractivity contribution < 1.29 is 14.0 Å². The van der Waals surface area contributed by atoms with Crippen LogP contribution in [0.4, 0.5) is 4.39 Å². The van der Waals surface area contributed by atoms with Crippen LogP contribution in [0.25, 0.3) is 10.9 Å². The van der Waals surface area contributed by atoms with E-state index in [0.29, 0.717) is 29.1 Å². The maximum atomic E-state index is 14.1. The lowest BCUT2D eigenvalue weighted by atomic mass is 9.83. The minimum Gasteiger partial charge on any atom is -0.351 e. The zero-order valence-corrected chi connectivity index (χ0v) is 18.1. The highest BCUT2D eigenvalue weighted by Gasteiger charge is 2.41. The molecule has 1 spiro atoms. The zero-order chi connectivity index (χ0) is 21.6. The van der Waals surface area contributed by atoms with Crippen LogP contribution >= 0.6 is 0 Å². The summed E-state index contributed by atoms with van der Waals surface area (Å²) < 4.78 is 14.1. The number of aryl methyl sites for hydroxylation is 1. The molecule has 1 aliphatic carbocycles. The van der Waals surface area contributed by atoms with E-state index >= 15 is 0 Å². The Morgan fingerprint density at radius 1 is 1.23 bits per heavy atom. The maximum absolute atomic E-state index is 14.1. The van der Waals surface area contributed by atoms with Crippen molar-refractivity contribution in [2.75, 3.05) is 13.1 Å². The molecule has 0 unspecified atom stereocenters. The lowest BCUT2D eigenvalue weighted by Crippen LogP contribution is -2.54. The fourth-order valence-corrected chi connectivity index (χ4v) is 5.80. The number of benzene rings is 1. The molecule has 7 heteroatoms. The number of carbonyl (C=O) groups is 2. The van der Waals surface area contributed by atoms with Crippen LogP contribution in [0.5, 0.6) is 0 Å². The van der Waals surface area contributed by atoms with Gasteiger partial charge in [0.2, 0.25) is 5.91 Å². The van der Waals surface area contributed by atoms with Gasteiger partial charge in [0, 0.05) is 42.5 Å². The Kier molecular flexibility index (Phi) is 5.24. The molecule has 31 heavy (non-hydrogen) atoms.